The fourth-order valence-electron chi connectivity index (χ4n) is 0.453. The van der Waals surface area contributed by atoms with Crippen LogP contribution in [0.15, 0.2) is 0 Å². The van der Waals surface area contributed by atoms with Crippen LogP contribution in [-0.2, 0) is 0 Å². The second-order valence-corrected chi connectivity index (χ2v) is 6.86. The normalized spacial score (nSPS) is 23.4. The van der Waals surface area contributed by atoms with Gasteiger partial charge < -0.3 is 0 Å². The van der Waals surface area contributed by atoms with Gasteiger partial charge in [0.05, 0.1) is 0 Å². The van der Waals surface area contributed by atoms with Gasteiger partial charge in [0.25, 0.3) is 0 Å². The average Bonchev–Trinajstić information content (AvgIpc) is 1.85. The van der Waals surface area contributed by atoms with Gasteiger partial charge in [-0.1, -0.05) is 0 Å². The number of aliphatic hydroxyl groups excluding tert-OH is 2. The Morgan fingerprint density at radius 2 is 1.60 bits per heavy atom. The van der Waals surface area contributed by atoms with E-state index in [4.69, 9.17) is 8.92 Å². The van der Waals surface area contributed by atoms with E-state index in [1.807, 2.05) is 0 Å². The van der Waals surface area contributed by atoms with E-state index in [1.54, 1.807) is 20.9 Å². The molecule has 0 aliphatic heterocycles. The molecule has 2 unspecified atom stereocenters. The van der Waals surface area contributed by atoms with Gasteiger partial charge in [0.1, 0.15) is 0 Å². The molecule has 3 nitrogen and oxygen atoms in total. The summed E-state index contributed by atoms with van der Waals surface area (Å²) in [6.07, 6.45) is -1.13. The summed E-state index contributed by atoms with van der Waals surface area (Å²) in [4.78, 5) is 0. The Morgan fingerprint density at radius 1 is 1.30 bits per heavy atom. The molecule has 60 valence electrons. The zero-order valence-electron chi connectivity index (χ0n) is 6.37. The zero-order valence-corrected chi connectivity index (χ0v) is 9.98. The molecule has 0 bridgehead atoms. The molecular formula is C5H13ClNO2Sn+. The van der Waals surface area contributed by atoms with E-state index in [1.165, 1.54) is 0 Å². The van der Waals surface area contributed by atoms with Crippen LogP contribution in [0, 0.1) is 0 Å². The first-order valence-corrected chi connectivity index (χ1v) is 7.94. The van der Waals surface area contributed by atoms with Crippen molar-refractivity contribution in [3.05, 3.63) is 0 Å². The number of nitrogens with zero attached hydrogens (tertiary/aromatic N) is 1. The molecule has 0 rings (SSSR count). The van der Waals surface area contributed by atoms with Crippen LogP contribution < -0.4 is 0 Å². The van der Waals surface area contributed by atoms with Crippen molar-refractivity contribution >= 4 is 29.2 Å². The van der Waals surface area contributed by atoms with E-state index in [9.17, 15) is 10.2 Å². The summed E-state index contributed by atoms with van der Waals surface area (Å²) in [5.74, 6) is 0. The van der Waals surface area contributed by atoms with E-state index in [-0.39, 0.29) is 2.70 Å². The third kappa shape index (κ3) is 2.23. The van der Waals surface area contributed by atoms with Crippen molar-refractivity contribution in [1.29, 1.82) is 0 Å². The molecule has 5 heteroatoms. The zero-order chi connectivity index (χ0) is 8.36. The molecule has 0 heterocycles. The summed E-state index contributed by atoms with van der Waals surface area (Å²) in [7, 11) is 7.49. The van der Waals surface area contributed by atoms with Crippen LogP contribution in [0.4, 0.5) is 0 Å². The molecule has 0 fully saturated rings. The number of quaternary nitrogens is 1. The molecule has 10 heavy (non-hydrogen) atoms. The van der Waals surface area contributed by atoms with Gasteiger partial charge in [-0.05, 0) is 0 Å². The first-order valence-electron chi connectivity index (χ1n) is 3.05. The monoisotopic (exact) mass is 274 g/mol. The summed E-state index contributed by atoms with van der Waals surface area (Å²) in [6.45, 7) is 3.30. The van der Waals surface area contributed by atoms with Crippen molar-refractivity contribution in [1.82, 2.24) is 0 Å². The Kier molecular flexibility index (Phi) is 4.51. The third-order valence-electron chi connectivity index (χ3n) is 1.73. The van der Waals surface area contributed by atoms with Crippen molar-refractivity contribution in [2.45, 2.75) is 26.3 Å². The average molecular weight is 273 g/mol. The van der Waals surface area contributed by atoms with Crippen molar-refractivity contribution in [2.24, 2.45) is 0 Å². The van der Waals surface area contributed by atoms with Crippen LogP contribution in [0.1, 0.15) is 13.8 Å². The van der Waals surface area contributed by atoms with Crippen LogP contribution in [0.3, 0.4) is 0 Å². The predicted octanol–water partition coefficient (Wildman–Crippen LogP) is -0.117. The van der Waals surface area contributed by atoms with Gasteiger partial charge in [0.15, 0.2) is 0 Å². The molecule has 0 saturated carbocycles. The molecular weight excluding hydrogens is 260 g/mol. The van der Waals surface area contributed by atoms with E-state index in [0.29, 0.717) is 0 Å². The maximum absolute atomic E-state index is 9.21. The molecule has 0 saturated heterocycles. The SMILES string of the molecule is CC(O)[N+](C)([Sn][Cl])C(C)O. The minimum absolute atomic E-state index is 0.227. The molecule has 2 radical (unpaired) electrons. The van der Waals surface area contributed by atoms with Crippen molar-refractivity contribution in [3.8, 4) is 0 Å². The summed E-state index contributed by atoms with van der Waals surface area (Å²) in [5, 5.41) is 18.4. The first kappa shape index (κ1) is 11.0. The van der Waals surface area contributed by atoms with E-state index >= 15 is 0 Å². The Labute approximate surface area is 75.5 Å². The predicted molar refractivity (Wildman–Crippen MR) is 41.2 cm³/mol. The quantitative estimate of drug-likeness (QED) is 0.556. The van der Waals surface area contributed by atoms with Crippen LogP contribution >= 0.6 is 8.92 Å². The van der Waals surface area contributed by atoms with Crippen molar-refractivity contribution < 1.29 is 12.9 Å². The standard InChI is InChI=1S/C5H13NO2.ClH.Sn/c1-4(7)6(3)5(2)8;;/h4-5,7-8H,1-3H3;1H;/q;;+2/p-1. The molecule has 0 aliphatic rings. The van der Waals surface area contributed by atoms with Gasteiger partial charge in [0.2, 0.25) is 0 Å². The Morgan fingerprint density at radius 3 is 1.60 bits per heavy atom. The molecule has 2 atom stereocenters. The van der Waals surface area contributed by atoms with Gasteiger partial charge in [-0.25, -0.2) is 0 Å². The van der Waals surface area contributed by atoms with Crippen molar-refractivity contribution in [2.75, 3.05) is 7.05 Å². The summed E-state index contributed by atoms with van der Waals surface area (Å²) in [6, 6.07) is 0. The number of aliphatic hydroxyl groups is 2. The molecule has 0 aromatic heterocycles. The van der Waals surface area contributed by atoms with Crippen LogP contribution in [-0.4, -0.2) is 52.7 Å². The first-order chi connectivity index (χ1) is 4.45. The molecule has 2 N–H and O–H groups in total. The molecule has 0 aromatic carbocycles. The minimum atomic E-state index is -1.21. The van der Waals surface area contributed by atoms with Gasteiger partial charge in [-0.3, -0.25) is 0 Å². The van der Waals surface area contributed by atoms with Crippen LogP contribution in [0.5, 0.6) is 0 Å². The van der Waals surface area contributed by atoms with Crippen LogP contribution in [0.2, 0.25) is 0 Å². The van der Waals surface area contributed by atoms with E-state index in [2.05, 4.69) is 0 Å². The van der Waals surface area contributed by atoms with Gasteiger partial charge >= 0.3 is 75.5 Å². The number of rotatable bonds is 3. The van der Waals surface area contributed by atoms with Crippen molar-refractivity contribution in [3.63, 3.8) is 0 Å². The summed E-state index contributed by atoms with van der Waals surface area (Å²) >= 11 is -1.21. The number of halogens is 1. The second-order valence-electron chi connectivity index (χ2n) is 2.50. The fourth-order valence-corrected chi connectivity index (χ4v) is 3.15. The van der Waals surface area contributed by atoms with Gasteiger partial charge in [0, 0.05) is 0 Å². The Hall–Kier alpha value is 0.969. The van der Waals surface area contributed by atoms with Gasteiger partial charge in [-0.2, -0.15) is 0 Å². The Balaban J connectivity index is 4.23. The molecule has 0 aliphatic carbocycles. The molecule has 0 amide bonds. The summed E-state index contributed by atoms with van der Waals surface area (Å²) in [5.41, 5.74) is 0. The third-order valence-corrected chi connectivity index (χ3v) is 7.35. The second kappa shape index (κ2) is 4.11. The number of hydrogen-bond acceptors (Lipinski definition) is 2. The topological polar surface area (TPSA) is 40.5 Å². The van der Waals surface area contributed by atoms with E-state index < -0.39 is 32.7 Å². The summed E-state index contributed by atoms with van der Waals surface area (Å²) < 4.78 is 0.227. The van der Waals surface area contributed by atoms with Crippen LogP contribution in [0.25, 0.3) is 0 Å². The fraction of sp³-hybridized carbons (Fsp3) is 1.00. The Bertz CT molecular complexity index is 102. The number of hydrogen-bond donors (Lipinski definition) is 2. The maximum atomic E-state index is 9.21. The molecule has 0 aromatic rings. The van der Waals surface area contributed by atoms with E-state index in [0.717, 1.165) is 0 Å². The molecule has 0 spiro atoms. The van der Waals surface area contributed by atoms with Gasteiger partial charge in [-0.15, -0.1) is 0 Å².